The highest BCUT2D eigenvalue weighted by molar-refractivity contribution is 7.08. The Bertz CT molecular complexity index is 911. The van der Waals surface area contributed by atoms with Crippen molar-refractivity contribution in [2.24, 2.45) is 0 Å². The summed E-state index contributed by atoms with van der Waals surface area (Å²) in [7, 11) is 0. The van der Waals surface area contributed by atoms with Gasteiger partial charge in [-0.25, -0.2) is 0 Å². The van der Waals surface area contributed by atoms with Crippen LogP contribution < -0.4 is 10.6 Å². The Kier molecular flexibility index (Phi) is 5.02. The lowest BCUT2D eigenvalue weighted by Gasteiger charge is -2.11. The number of nitrogens with one attached hydrogen (secondary N) is 2. The van der Waals surface area contributed by atoms with Gasteiger partial charge in [-0.15, -0.1) is 0 Å². The molecule has 1 atom stereocenters. The molecule has 0 saturated carbocycles. The van der Waals surface area contributed by atoms with E-state index in [0.29, 0.717) is 31.6 Å². The largest absolute Gasteiger partial charge is 0.351 e. The maximum atomic E-state index is 12.3. The Morgan fingerprint density at radius 3 is 2.78 bits per heavy atom. The second kappa shape index (κ2) is 7.75. The highest BCUT2D eigenvalue weighted by Gasteiger charge is 2.26. The van der Waals surface area contributed by atoms with E-state index in [-0.39, 0.29) is 17.9 Å². The highest BCUT2D eigenvalue weighted by Crippen LogP contribution is 2.17. The molecule has 3 aromatic rings. The Morgan fingerprint density at radius 1 is 1.19 bits per heavy atom. The summed E-state index contributed by atoms with van der Waals surface area (Å²) < 4.78 is 1.81. The van der Waals surface area contributed by atoms with Gasteiger partial charge in [0.1, 0.15) is 5.69 Å². The SMILES string of the molecule is O=C(Cc1ccsc1)N[C@H]1Cc2cc(C(=O)NCc3ccccc3)nn2C1. The van der Waals surface area contributed by atoms with Crippen molar-refractivity contribution in [1.29, 1.82) is 0 Å². The number of benzene rings is 1. The van der Waals surface area contributed by atoms with Crippen molar-refractivity contribution in [2.45, 2.75) is 32.0 Å². The van der Waals surface area contributed by atoms with E-state index < -0.39 is 0 Å². The number of fused-ring (bicyclic) bond motifs is 1. The normalized spacial score (nSPS) is 15.3. The van der Waals surface area contributed by atoms with Crippen LogP contribution in [0, 0.1) is 0 Å². The number of carbonyl (C=O) groups excluding carboxylic acids is 2. The van der Waals surface area contributed by atoms with Crippen LogP contribution in [0.1, 0.15) is 27.3 Å². The number of hydrogen-bond acceptors (Lipinski definition) is 4. The summed E-state index contributed by atoms with van der Waals surface area (Å²) in [5.41, 5.74) is 3.47. The summed E-state index contributed by atoms with van der Waals surface area (Å²) >= 11 is 1.59. The van der Waals surface area contributed by atoms with Crippen molar-refractivity contribution in [3.63, 3.8) is 0 Å². The third kappa shape index (κ3) is 4.25. The summed E-state index contributed by atoms with van der Waals surface area (Å²) in [5.74, 6) is -0.163. The summed E-state index contributed by atoms with van der Waals surface area (Å²) in [4.78, 5) is 24.4. The fourth-order valence-electron chi connectivity index (χ4n) is 3.24. The third-order valence-corrected chi connectivity index (χ3v) is 5.28. The number of nitrogens with zero attached hydrogens (tertiary/aromatic N) is 2. The molecule has 2 N–H and O–H groups in total. The molecule has 6 nitrogen and oxygen atoms in total. The second-order valence-electron chi connectivity index (χ2n) is 6.65. The number of carbonyl (C=O) groups is 2. The van der Waals surface area contributed by atoms with Crippen molar-refractivity contribution in [2.75, 3.05) is 0 Å². The first-order chi connectivity index (χ1) is 13.2. The van der Waals surface area contributed by atoms with Crippen LogP contribution in [0.5, 0.6) is 0 Å². The molecule has 0 bridgehead atoms. The lowest BCUT2D eigenvalue weighted by molar-refractivity contribution is -0.121. The molecule has 1 aliphatic heterocycles. The van der Waals surface area contributed by atoms with E-state index in [2.05, 4.69) is 15.7 Å². The van der Waals surface area contributed by atoms with Crippen LogP contribution in [0.15, 0.2) is 53.2 Å². The van der Waals surface area contributed by atoms with Gasteiger partial charge in [0.15, 0.2) is 0 Å². The first-order valence-corrected chi connectivity index (χ1v) is 9.81. The van der Waals surface area contributed by atoms with Crippen molar-refractivity contribution in [1.82, 2.24) is 20.4 Å². The summed E-state index contributed by atoms with van der Waals surface area (Å²) in [6.07, 6.45) is 1.09. The summed E-state index contributed by atoms with van der Waals surface area (Å²) in [6, 6.07) is 13.6. The Hall–Kier alpha value is -2.93. The zero-order valence-corrected chi connectivity index (χ0v) is 15.5. The van der Waals surface area contributed by atoms with Gasteiger partial charge in [-0.3, -0.25) is 14.3 Å². The Labute approximate surface area is 161 Å². The number of aromatic nitrogens is 2. The molecule has 0 aliphatic carbocycles. The first-order valence-electron chi connectivity index (χ1n) is 8.86. The molecule has 4 rings (SSSR count). The Morgan fingerprint density at radius 2 is 2.04 bits per heavy atom. The standard InChI is InChI=1S/C20H20N4O2S/c25-19(8-15-6-7-27-13-15)22-16-9-17-10-18(23-24(17)12-16)20(26)21-11-14-4-2-1-3-5-14/h1-7,10,13,16H,8-9,11-12H2,(H,21,26)(H,22,25)/t16-/m0/s1. The van der Waals surface area contributed by atoms with Gasteiger partial charge in [0.2, 0.25) is 5.91 Å². The average Bonchev–Trinajstić information content (AvgIpc) is 3.37. The molecule has 1 aliphatic rings. The molecule has 138 valence electrons. The third-order valence-electron chi connectivity index (χ3n) is 4.55. The van der Waals surface area contributed by atoms with Crippen LogP contribution in [-0.2, 0) is 30.7 Å². The second-order valence-corrected chi connectivity index (χ2v) is 7.43. The van der Waals surface area contributed by atoms with E-state index in [1.54, 1.807) is 11.3 Å². The molecule has 7 heteroatoms. The van der Waals surface area contributed by atoms with Crippen molar-refractivity contribution in [3.05, 3.63) is 75.7 Å². The Balaban J connectivity index is 1.29. The van der Waals surface area contributed by atoms with Gasteiger partial charge < -0.3 is 10.6 Å². The molecule has 1 aromatic carbocycles. The molecule has 3 heterocycles. The van der Waals surface area contributed by atoms with Crippen molar-refractivity contribution >= 4 is 23.2 Å². The number of amides is 2. The molecule has 0 spiro atoms. The highest BCUT2D eigenvalue weighted by atomic mass is 32.1. The van der Waals surface area contributed by atoms with Gasteiger partial charge in [-0.05, 0) is 34.0 Å². The van der Waals surface area contributed by atoms with Gasteiger partial charge in [0, 0.05) is 18.7 Å². The minimum absolute atomic E-state index is 0.0185. The number of hydrogen-bond donors (Lipinski definition) is 2. The zero-order chi connectivity index (χ0) is 18.6. The maximum absolute atomic E-state index is 12.3. The number of rotatable bonds is 6. The molecular formula is C20H20N4O2S. The predicted molar refractivity (Wildman–Crippen MR) is 103 cm³/mol. The molecule has 0 fully saturated rings. The summed E-state index contributed by atoms with van der Waals surface area (Å²) in [6.45, 7) is 1.07. The van der Waals surface area contributed by atoms with E-state index in [9.17, 15) is 9.59 Å². The monoisotopic (exact) mass is 380 g/mol. The topological polar surface area (TPSA) is 76.0 Å². The van der Waals surface area contributed by atoms with Crippen LogP contribution in [0.2, 0.25) is 0 Å². The minimum Gasteiger partial charge on any atom is -0.351 e. The lowest BCUT2D eigenvalue weighted by Crippen LogP contribution is -2.37. The van der Waals surface area contributed by atoms with Crippen molar-refractivity contribution in [3.8, 4) is 0 Å². The van der Waals surface area contributed by atoms with E-state index in [4.69, 9.17) is 0 Å². The van der Waals surface area contributed by atoms with Gasteiger partial charge in [-0.1, -0.05) is 30.3 Å². The van der Waals surface area contributed by atoms with Crippen LogP contribution >= 0.6 is 11.3 Å². The molecule has 0 unspecified atom stereocenters. The maximum Gasteiger partial charge on any atom is 0.272 e. The molecule has 27 heavy (non-hydrogen) atoms. The van der Waals surface area contributed by atoms with E-state index in [0.717, 1.165) is 16.8 Å². The molecular weight excluding hydrogens is 360 g/mol. The minimum atomic E-state index is -0.182. The van der Waals surface area contributed by atoms with Crippen LogP contribution in [-0.4, -0.2) is 27.6 Å². The zero-order valence-electron chi connectivity index (χ0n) is 14.7. The summed E-state index contributed by atoms with van der Waals surface area (Å²) in [5, 5.41) is 14.3. The van der Waals surface area contributed by atoms with Gasteiger partial charge in [0.05, 0.1) is 19.0 Å². The van der Waals surface area contributed by atoms with E-state index in [1.807, 2.05) is 57.9 Å². The van der Waals surface area contributed by atoms with Gasteiger partial charge in [-0.2, -0.15) is 16.4 Å². The fraction of sp³-hybridized carbons (Fsp3) is 0.250. The average molecular weight is 380 g/mol. The lowest BCUT2D eigenvalue weighted by atomic mass is 10.1. The van der Waals surface area contributed by atoms with Crippen molar-refractivity contribution < 1.29 is 9.59 Å². The van der Waals surface area contributed by atoms with E-state index >= 15 is 0 Å². The quantitative estimate of drug-likeness (QED) is 0.688. The van der Waals surface area contributed by atoms with Crippen LogP contribution in [0.25, 0.3) is 0 Å². The van der Waals surface area contributed by atoms with E-state index in [1.165, 1.54) is 0 Å². The van der Waals surface area contributed by atoms with Gasteiger partial charge in [0.25, 0.3) is 5.91 Å². The fourth-order valence-corrected chi connectivity index (χ4v) is 3.91. The van der Waals surface area contributed by atoms with Gasteiger partial charge >= 0.3 is 0 Å². The molecule has 0 radical (unpaired) electrons. The predicted octanol–water partition coefficient (Wildman–Crippen LogP) is 2.16. The molecule has 2 amide bonds. The molecule has 2 aromatic heterocycles. The smallest absolute Gasteiger partial charge is 0.272 e. The van der Waals surface area contributed by atoms with Crippen LogP contribution in [0.4, 0.5) is 0 Å². The van der Waals surface area contributed by atoms with Crippen LogP contribution in [0.3, 0.4) is 0 Å². The molecule has 0 saturated heterocycles. The first kappa shape index (κ1) is 17.5. The number of thiophene rings is 1.